The van der Waals surface area contributed by atoms with Crippen molar-refractivity contribution in [3.8, 4) is 5.75 Å². The molecule has 6 nitrogen and oxygen atoms in total. The Morgan fingerprint density at radius 1 is 1.29 bits per heavy atom. The number of hydrogen-bond acceptors (Lipinski definition) is 3. The Kier molecular flexibility index (Phi) is 7.14. The number of piperidine rings is 1. The highest BCUT2D eigenvalue weighted by atomic mass is 127. The molecule has 132 valence electrons. The van der Waals surface area contributed by atoms with E-state index in [1.165, 1.54) is 6.42 Å². The number of carbonyl (C=O) groups excluding carboxylic acids is 1. The molecular formula is C17H25IN4O2. The van der Waals surface area contributed by atoms with Gasteiger partial charge in [0, 0.05) is 25.1 Å². The minimum Gasteiger partial charge on any atom is -0.493 e. The zero-order valence-corrected chi connectivity index (χ0v) is 16.1. The number of nitrogens with two attached hydrogens (primary N) is 1. The summed E-state index contributed by atoms with van der Waals surface area (Å²) in [6, 6.07) is 7.99. The van der Waals surface area contributed by atoms with E-state index in [4.69, 9.17) is 10.5 Å². The van der Waals surface area contributed by atoms with Crippen molar-refractivity contribution in [3.05, 3.63) is 29.8 Å². The fourth-order valence-electron chi connectivity index (χ4n) is 3.11. The van der Waals surface area contributed by atoms with Gasteiger partial charge in [-0.05, 0) is 25.3 Å². The Bertz CT molecular complexity index is 588. The van der Waals surface area contributed by atoms with Crippen LogP contribution >= 0.6 is 24.0 Å². The maximum absolute atomic E-state index is 12.1. The number of amides is 1. The summed E-state index contributed by atoms with van der Waals surface area (Å²) >= 11 is 0. The fourth-order valence-corrected chi connectivity index (χ4v) is 3.11. The minimum absolute atomic E-state index is 0. The summed E-state index contributed by atoms with van der Waals surface area (Å²) in [6.45, 7) is 2.45. The molecule has 3 rings (SSSR count). The molecule has 2 heterocycles. The molecular weight excluding hydrogens is 419 g/mol. The molecule has 0 aromatic heterocycles. The summed E-state index contributed by atoms with van der Waals surface area (Å²) in [7, 11) is 0. The molecule has 0 radical (unpaired) electrons. The Morgan fingerprint density at radius 3 is 2.83 bits per heavy atom. The van der Waals surface area contributed by atoms with Gasteiger partial charge in [0.2, 0.25) is 5.91 Å². The van der Waals surface area contributed by atoms with E-state index < -0.39 is 0 Å². The summed E-state index contributed by atoms with van der Waals surface area (Å²) in [5.41, 5.74) is 7.05. The van der Waals surface area contributed by atoms with Gasteiger partial charge in [0.05, 0.1) is 12.6 Å². The van der Waals surface area contributed by atoms with Crippen molar-refractivity contribution >= 4 is 35.8 Å². The number of hydrogen-bond donors (Lipinski definition) is 2. The van der Waals surface area contributed by atoms with Crippen LogP contribution in [0.25, 0.3) is 0 Å². The first-order valence-electron chi connectivity index (χ1n) is 8.30. The van der Waals surface area contributed by atoms with Crippen molar-refractivity contribution in [1.29, 1.82) is 0 Å². The van der Waals surface area contributed by atoms with Gasteiger partial charge in [0.25, 0.3) is 0 Å². The predicted octanol–water partition coefficient (Wildman–Crippen LogP) is 2.04. The van der Waals surface area contributed by atoms with E-state index in [-0.39, 0.29) is 42.5 Å². The number of nitrogens with one attached hydrogen (secondary N) is 1. The van der Waals surface area contributed by atoms with Crippen molar-refractivity contribution < 1.29 is 9.53 Å². The number of ether oxygens (including phenoxy) is 1. The van der Waals surface area contributed by atoms with E-state index in [1.54, 1.807) is 0 Å². The van der Waals surface area contributed by atoms with Crippen LogP contribution < -0.4 is 15.8 Å². The number of likely N-dealkylation sites (tertiary alicyclic amines) is 1. The molecule has 1 saturated heterocycles. The van der Waals surface area contributed by atoms with Crippen LogP contribution in [-0.4, -0.2) is 43.0 Å². The van der Waals surface area contributed by atoms with Crippen molar-refractivity contribution in [2.45, 2.75) is 31.7 Å². The molecule has 1 unspecified atom stereocenters. The van der Waals surface area contributed by atoms with Gasteiger partial charge in [0.1, 0.15) is 12.3 Å². The van der Waals surface area contributed by atoms with Gasteiger partial charge in [-0.15, -0.1) is 24.0 Å². The van der Waals surface area contributed by atoms with Crippen LogP contribution in [0.2, 0.25) is 0 Å². The van der Waals surface area contributed by atoms with Gasteiger partial charge < -0.3 is 20.7 Å². The number of nitrogens with zero attached hydrogens (tertiary/aromatic N) is 2. The molecule has 3 N–H and O–H groups in total. The normalized spacial score (nSPS) is 20.4. The number of guanidine groups is 1. The third kappa shape index (κ3) is 4.75. The van der Waals surface area contributed by atoms with Crippen LogP contribution in [0, 0.1) is 0 Å². The van der Waals surface area contributed by atoms with Crippen LogP contribution in [0.3, 0.4) is 0 Å². The molecule has 1 fully saturated rings. The highest BCUT2D eigenvalue weighted by Gasteiger charge is 2.21. The number of fused-ring (bicyclic) bond motifs is 1. The summed E-state index contributed by atoms with van der Waals surface area (Å²) in [5, 5.41) is 3.21. The average Bonchev–Trinajstić information content (AvgIpc) is 2.61. The van der Waals surface area contributed by atoms with Crippen molar-refractivity contribution in [3.63, 3.8) is 0 Å². The van der Waals surface area contributed by atoms with E-state index in [0.29, 0.717) is 12.6 Å². The quantitative estimate of drug-likeness (QED) is 0.425. The predicted molar refractivity (Wildman–Crippen MR) is 105 cm³/mol. The number of para-hydroxylation sites is 1. The average molecular weight is 444 g/mol. The first-order chi connectivity index (χ1) is 11.2. The number of benzene rings is 1. The van der Waals surface area contributed by atoms with Crippen LogP contribution in [0.15, 0.2) is 29.3 Å². The molecule has 7 heteroatoms. The molecule has 1 aromatic carbocycles. The molecule has 2 aliphatic rings. The molecule has 0 aliphatic carbocycles. The van der Waals surface area contributed by atoms with Crippen LogP contribution in [0.1, 0.15) is 37.3 Å². The van der Waals surface area contributed by atoms with Crippen LogP contribution in [0.5, 0.6) is 5.75 Å². The number of halogens is 1. The number of rotatable bonds is 3. The summed E-state index contributed by atoms with van der Waals surface area (Å²) in [5.74, 6) is 1.26. The van der Waals surface area contributed by atoms with E-state index in [1.807, 2.05) is 29.2 Å². The molecule has 0 saturated carbocycles. The first-order valence-corrected chi connectivity index (χ1v) is 8.30. The summed E-state index contributed by atoms with van der Waals surface area (Å²) in [4.78, 5) is 18.2. The van der Waals surface area contributed by atoms with Gasteiger partial charge in [-0.25, -0.2) is 4.99 Å². The molecule has 24 heavy (non-hydrogen) atoms. The second-order valence-electron chi connectivity index (χ2n) is 6.01. The summed E-state index contributed by atoms with van der Waals surface area (Å²) < 4.78 is 5.63. The lowest BCUT2D eigenvalue weighted by Gasteiger charge is -2.27. The molecule has 0 spiro atoms. The van der Waals surface area contributed by atoms with Gasteiger partial charge in [-0.2, -0.15) is 0 Å². The van der Waals surface area contributed by atoms with Gasteiger partial charge in [-0.1, -0.05) is 18.2 Å². The highest BCUT2D eigenvalue weighted by Crippen LogP contribution is 2.31. The number of aliphatic imine (C=N–C) groups is 1. The lowest BCUT2D eigenvalue weighted by atomic mass is 10.0. The smallest absolute Gasteiger partial charge is 0.244 e. The molecule has 1 amide bonds. The Morgan fingerprint density at radius 2 is 2.04 bits per heavy atom. The highest BCUT2D eigenvalue weighted by molar-refractivity contribution is 14.0. The van der Waals surface area contributed by atoms with Gasteiger partial charge >= 0.3 is 0 Å². The lowest BCUT2D eigenvalue weighted by molar-refractivity contribution is -0.130. The lowest BCUT2D eigenvalue weighted by Crippen LogP contribution is -2.40. The SMILES string of the molecule is I.NC(=NCC(=O)N1CCCCC1)NC1CCOc2ccccc21. The second-order valence-corrected chi connectivity index (χ2v) is 6.01. The van der Waals surface area contributed by atoms with E-state index in [9.17, 15) is 4.79 Å². The molecule has 1 aromatic rings. The maximum atomic E-state index is 12.1. The third-order valence-electron chi connectivity index (χ3n) is 4.37. The Hall–Kier alpha value is -1.51. The van der Waals surface area contributed by atoms with E-state index >= 15 is 0 Å². The number of carbonyl (C=O) groups is 1. The monoisotopic (exact) mass is 444 g/mol. The zero-order chi connectivity index (χ0) is 16.1. The Labute approximate surface area is 159 Å². The first kappa shape index (κ1) is 18.8. The molecule has 2 aliphatic heterocycles. The van der Waals surface area contributed by atoms with Crippen molar-refractivity contribution in [1.82, 2.24) is 10.2 Å². The third-order valence-corrected chi connectivity index (χ3v) is 4.37. The van der Waals surface area contributed by atoms with E-state index in [2.05, 4.69) is 10.3 Å². The Balaban J connectivity index is 0.00000208. The second kappa shape index (κ2) is 9.10. The minimum atomic E-state index is 0. The zero-order valence-electron chi connectivity index (χ0n) is 13.7. The van der Waals surface area contributed by atoms with Gasteiger partial charge in [0.15, 0.2) is 5.96 Å². The maximum Gasteiger partial charge on any atom is 0.244 e. The summed E-state index contributed by atoms with van der Waals surface area (Å²) in [6.07, 6.45) is 4.21. The van der Waals surface area contributed by atoms with Crippen LogP contribution in [0.4, 0.5) is 0 Å². The van der Waals surface area contributed by atoms with Crippen LogP contribution in [-0.2, 0) is 4.79 Å². The topological polar surface area (TPSA) is 80.0 Å². The van der Waals surface area contributed by atoms with Crippen molar-refractivity contribution in [2.24, 2.45) is 10.7 Å². The fraction of sp³-hybridized carbons (Fsp3) is 0.529. The standard InChI is InChI=1S/C17H24N4O2.HI/c18-17(19-12-16(22)21-9-4-1-5-10-21)20-14-8-11-23-15-7-3-2-6-13(14)15;/h2-3,6-7,14H,1,4-5,8-12H2,(H3,18,19,20);1H. The van der Waals surface area contributed by atoms with Crippen molar-refractivity contribution in [2.75, 3.05) is 26.2 Å². The van der Waals surface area contributed by atoms with Gasteiger partial charge in [-0.3, -0.25) is 4.79 Å². The largest absolute Gasteiger partial charge is 0.493 e. The molecule has 1 atom stereocenters. The molecule has 0 bridgehead atoms. The van der Waals surface area contributed by atoms with E-state index in [0.717, 1.165) is 43.7 Å².